The first-order valence-electron chi connectivity index (χ1n) is 4.06. The Labute approximate surface area is 88.5 Å². The molecule has 2 N–H and O–H groups in total. The van der Waals surface area contributed by atoms with E-state index < -0.39 is 22.7 Å². The minimum atomic E-state index is -3.04. The number of alkyl halides is 2. The lowest BCUT2D eigenvalue weighted by atomic mass is 10.2. The van der Waals surface area contributed by atoms with Gasteiger partial charge in [0, 0.05) is 0 Å². The van der Waals surface area contributed by atoms with Crippen molar-refractivity contribution in [1.82, 2.24) is 4.98 Å². The Morgan fingerprint density at radius 1 is 1.69 bits per heavy atom. The third-order valence-electron chi connectivity index (χ3n) is 1.80. The van der Waals surface area contributed by atoms with Crippen LogP contribution in [0.3, 0.4) is 0 Å². The molecule has 0 saturated heterocycles. The largest absolute Gasteiger partial charge is 0.395 e. The second-order valence-electron chi connectivity index (χ2n) is 2.83. The Morgan fingerprint density at radius 3 is 2.75 bits per heavy atom. The highest BCUT2D eigenvalue weighted by Crippen LogP contribution is 2.30. The van der Waals surface area contributed by atoms with Crippen molar-refractivity contribution in [2.45, 2.75) is 12.8 Å². The lowest BCUT2D eigenvalue weighted by Crippen LogP contribution is -2.05. The van der Waals surface area contributed by atoms with Gasteiger partial charge in [-0.2, -0.15) is 5.26 Å². The first-order valence-corrected chi connectivity index (χ1v) is 4.06. The number of nitrogens with two attached hydrogens (primary N) is 1. The van der Waals surface area contributed by atoms with Crippen molar-refractivity contribution in [3.8, 4) is 6.07 Å². The lowest BCUT2D eigenvalue weighted by Gasteiger charge is -2.03. The van der Waals surface area contributed by atoms with Crippen molar-refractivity contribution in [3.05, 3.63) is 27.4 Å². The number of nitrogen functional groups attached to an aromatic ring is 1. The maximum absolute atomic E-state index is 12.4. The van der Waals surface area contributed by atoms with Gasteiger partial charge in [-0.05, 0) is 16.0 Å². The molecular formula is C8H6F2N4O2. The molecule has 0 fully saturated rings. The Kier molecular flexibility index (Phi) is 3.30. The summed E-state index contributed by atoms with van der Waals surface area (Å²) in [5.41, 5.74) is 4.28. The molecule has 0 aliphatic carbocycles. The highest BCUT2D eigenvalue weighted by Gasteiger charge is 2.26. The van der Waals surface area contributed by atoms with E-state index in [1.165, 1.54) is 0 Å². The molecule has 1 heterocycles. The van der Waals surface area contributed by atoms with Crippen LogP contribution in [-0.4, -0.2) is 9.91 Å². The highest BCUT2D eigenvalue weighted by molar-refractivity contribution is 5.52. The smallest absolute Gasteiger partial charge is 0.372 e. The topological polar surface area (TPSA) is 106 Å². The van der Waals surface area contributed by atoms with Gasteiger partial charge in [0.05, 0.1) is 11.8 Å². The summed E-state index contributed by atoms with van der Waals surface area (Å²) in [7, 11) is 0. The van der Waals surface area contributed by atoms with Crippen LogP contribution in [0.1, 0.15) is 17.7 Å². The molecule has 1 aromatic heterocycles. The minimum absolute atomic E-state index is 0.0707. The average Bonchev–Trinajstić information content (AvgIpc) is 2.20. The fourth-order valence-corrected chi connectivity index (χ4v) is 1.10. The van der Waals surface area contributed by atoms with Gasteiger partial charge in [-0.3, -0.25) is 0 Å². The van der Waals surface area contributed by atoms with E-state index in [1.54, 1.807) is 6.07 Å². The molecule has 0 amide bonds. The number of rotatable bonds is 3. The number of halogens is 2. The number of aromatic nitrogens is 1. The summed E-state index contributed by atoms with van der Waals surface area (Å²) in [6, 6.07) is 2.47. The number of anilines is 1. The first-order chi connectivity index (χ1) is 7.47. The molecule has 0 bridgehead atoms. The number of hydrogen-bond acceptors (Lipinski definition) is 5. The first kappa shape index (κ1) is 11.8. The Morgan fingerprint density at radius 2 is 2.31 bits per heavy atom. The molecule has 0 unspecified atom stereocenters. The van der Waals surface area contributed by atoms with E-state index in [9.17, 15) is 18.9 Å². The van der Waals surface area contributed by atoms with Crippen LogP contribution in [0.5, 0.6) is 0 Å². The van der Waals surface area contributed by atoms with Crippen molar-refractivity contribution < 1.29 is 13.7 Å². The summed E-state index contributed by atoms with van der Waals surface area (Å²) in [4.78, 5) is 12.8. The monoisotopic (exact) mass is 228 g/mol. The summed E-state index contributed by atoms with van der Waals surface area (Å²) in [5, 5.41) is 18.9. The molecule has 1 aromatic rings. The summed E-state index contributed by atoms with van der Waals surface area (Å²) in [5.74, 6) is -0.963. The number of nitrogens with zero attached hydrogens (tertiary/aromatic N) is 3. The van der Waals surface area contributed by atoms with Gasteiger partial charge in [-0.1, -0.05) is 0 Å². The zero-order chi connectivity index (χ0) is 12.3. The summed E-state index contributed by atoms with van der Waals surface area (Å²) < 4.78 is 24.8. The molecule has 0 aromatic carbocycles. The second kappa shape index (κ2) is 4.48. The maximum atomic E-state index is 12.4. The summed E-state index contributed by atoms with van der Waals surface area (Å²) in [6.07, 6.45) is -3.30. The van der Waals surface area contributed by atoms with Crippen LogP contribution in [0.25, 0.3) is 0 Å². The van der Waals surface area contributed by atoms with Gasteiger partial charge in [0.25, 0.3) is 6.43 Å². The minimum Gasteiger partial charge on any atom is -0.395 e. The van der Waals surface area contributed by atoms with E-state index in [4.69, 9.17) is 11.0 Å². The normalized spacial score (nSPS) is 10.1. The van der Waals surface area contributed by atoms with E-state index in [-0.39, 0.29) is 17.8 Å². The van der Waals surface area contributed by atoms with Gasteiger partial charge >= 0.3 is 5.82 Å². The Balaban J connectivity index is 3.38. The highest BCUT2D eigenvalue weighted by atomic mass is 19.3. The molecule has 8 heteroatoms. The van der Waals surface area contributed by atoms with Crippen LogP contribution in [0.2, 0.25) is 0 Å². The number of pyridine rings is 1. The molecule has 0 radical (unpaired) electrons. The molecule has 16 heavy (non-hydrogen) atoms. The predicted octanol–water partition coefficient (Wildman–Crippen LogP) is 1.58. The van der Waals surface area contributed by atoms with Crippen LogP contribution >= 0.6 is 0 Å². The molecule has 1 rings (SSSR count). The van der Waals surface area contributed by atoms with E-state index in [0.29, 0.717) is 0 Å². The van der Waals surface area contributed by atoms with Gasteiger partial charge in [0.15, 0.2) is 5.69 Å². The second-order valence-corrected chi connectivity index (χ2v) is 2.83. The van der Waals surface area contributed by atoms with Crippen molar-refractivity contribution in [2.24, 2.45) is 0 Å². The van der Waals surface area contributed by atoms with Gasteiger partial charge < -0.3 is 15.8 Å². The van der Waals surface area contributed by atoms with Crippen LogP contribution in [-0.2, 0) is 6.42 Å². The molecule has 0 atom stereocenters. The zero-order valence-electron chi connectivity index (χ0n) is 7.85. The molecule has 0 aliphatic heterocycles. The van der Waals surface area contributed by atoms with Crippen molar-refractivity contribution in [1.29, 1.82) is 5.26 Å². The fourth-order valence-electron chi connectivity index (χ4n) is 1.10. The summed E-state index contributed by atoms with van der Waals surface area (Å²) in [6.45, 7) is 0. The summed E-state index contributed by atoms with van der Waals surface area (Å²) >= 11 is 0. The van der Waals surface area contributed by atoms with Crippen LogP contribution in [0.4, 0.5) is 20.3 Å². The van der Waals surface area contributed by atoms with Crippen molar-refractivity contribution in [2.75, 3.05) is 5.73 Å². The van der Waals surface area contributed by atoms with Gasteiger partial charge in [0.2, 0.25) is 0 Å². The molecule has 84 valence electrons. The quantitative estimate of drug-likeness (QED) is 0.624. The molecule has 0 spiro atoms. The molecular weight excluding hydrogens is 222 g/mol. The molecule has 0 saturated carbocycles. The van der Waals surface area contributed by atoms with Crippen molar-refractivity contribution >= 4 is 11.5 Å². The van der Waals surface area contributed by atoms with E-state index >= 15 is 0 Å². The third kappa shape index (κ3) is 2.20. The lowest BCUT2D eigenvalue weighted by molar-refractivity contribution is -0.391. The van der Waals surface area contributed by atoms with Gasteiger partial charge in [0.1, 0.15) is 12.0 Å². The predicted molar refractivity (Wildman–Crippen MR) is 49.6 cm³/mol. The zero-order valence-corrected chi connectivity index (χ0v) is 7.85. The molecule has 6 nitrogen and oxygen atoms in total. The van der Waals surface area contributed by atoms with E-state index in [2.05, 4.69) is 4.98 Å². The van der Waals surface area contributed by atoms with Crippen LogP contribution < -0.4 is 5.73 Å². The van der Waals surface area contributed by atoms with E-state index in [0.717, 1.165) is 6.07 Å². The maximum Gasteiger partial charge on any atom is 0.372 e. The van der Waals surface area contributed by atoms with Crippen molar-refractivity contribution in [3.63, 3.8) is 0 Å². The van der Waals surface area contributed by atoms with Gasteiger partial charge in [-0.15, -0.1) is 0 Å². The standard InChI is InChI=1S/C8H6F2N4O2/c9-7(10)4-3-5(12)6(1-2-11)13-8(4)14(15)16/h3,7H,1,12H2. The van der Waals surface area contributed by atoms with Gasteiger partial charge in [-0.25, -0.2) is 8.78 Å². The third-order valence-corrected chi connectivity index (χ3v) is 1.80. The number of nitriles is 1. The molecule has 0 aliphatic rings. The average molecular weight is 228 g/mol. The Hall–Kier alpha value is -2.30. The van der Waals surface area contributed by atoms with E-state index in [1.807, 2.05) is 0 Å². The number of nitro groups is 1. The Bertz CT molecular complexity index is 470. The van der Waals surface area contributed by atoms with Crippen LogP contribution in [0.15, 0.2) is 6.07 Å². The van der Waals surface area contributed by atoms with Crippen LogP contribution in [0, 0.1) is 21.4 Å². The fraction of sp³-hybridized carbons (Fsp3) is 0.250. The SMILES string of the molecule is N#CCc1nc([N+](=O)[O-])c(C(F)F)cc1N. The number of hydrogen-bond donors (Lipinski definition) is 1.